The quantitative estimate of drug-likeness (QED) is 0.940. The van der Waals surface area contributed by atoms with E-state index in [0.717, 1.165) is 6.07 Å². The second kappa shape index (κ2) is 5.28. The molecule has 0 bridgehead atoms. The van der Waals surface area contributed by atoms with E-state index in [1.165, 1.54) is 23.0 Å². The van der Waals surface area contributed by atoms with E-state index < -0.39 is 11.7 Å². The van der Waals surface area contributed by atoms with Gasteiger partial charge in [-0.05, 0) is 38.0 Å². The van der Waals surface area contributed by atoms with Crippen LogP contribution in [0.1, 0.15) is 23.9 Å². The van der Waals surface area contributed by atoms with Gasteiger partial charge in [0.15, 0.2) is 0 Å². The molecular weight excluding hydrogens is 267 g/mol. The Balaban J connectivity index is 2.55. The van der Waals surface area contributed by atoms with Crippen molar-refractivity contribution in [1.29, 1.82) is 0 Å². The van der Waals surface area contributed by atoms with E-state index in [1.54, 1.807) is 19.9 Å². The number of alkyl halides is 3. The number of nitrogens with zero attached hydrogens (tertiary/aromatic N) is 2. The lowest BCUT2D eigenvalue weighted by Crippen LogP contribution is -2.19. The van der Waals surface area contributed by atoms with Crippen LogP contribution < -0.4 is 5.73 Å². The second-order valence-corrected chi connectivity index (χ2v) is 4.88. The summed E-state index contributed by atoms with van der Waals surface area (Å²) in [6.07, 6.45) is -1.01. The van der Waals surface area contributed by atoms with E-state index in [4.69, 9.17) is 5.73 Å². The summed E-state index contributed by atoms with van der Waals surface area (Å²) in [5, 5.41) is 0. The fraction of sp³-hybridized carbons (Fsp3) is 0.357. The summed E-state index contributed by atoms with van der Waals surface area (Å²) in [5.41, 5.74) is 5.64. The van der Waals surface area contributed by atoms with E-state index in [0.29, 0.717) is 17.8 Å². The van der Waals surface area contributed by atoms with Crippen molar-refractivity contribution < 1.29 is 13.2 Å². The van der Waals surface area contributed by atoms with Crippen LogP contribution in [0.2, 0.25) is 0 Å². The highest BCUT2D eigenvalue weighted by molar-refractivity contribution is 5.46. The number of aryl methyl sites for hydroxylation is 1. The Morgan fingerprint density at radius 3 is 2.55 bits per heavy atom. The zero-order valence-corrected chi connectivity index (χ0v) is 11.3. The van der Waals surface area contributed by atoms with Gasteiger partial charge in [0, 0.05) is 18.4 Å². The van der Waals surface area contributed by atoms with Gasteiger partial charge in [0.2, 0.25) is 0 Å². The molecule has 1 atom stereocenters. The van der Waals surface area contributed by atoms with Crippen LogP contribution in [0.3, 0.4) is 0 Å². The normalized spacial score (nSPS) is 13.5. The number of benzene rings is 1. The van der Waals surface area contributed by atoms with Crippen LogP contribution in [-0.2, 0) is 12.6 Å². The molecule has 3 nitrogen and oxygen atoms in total. The highest BCUT2D eigenvalue weighted by Gasteiger charge is 2.34. The molecule has 0 spiro atoms. The van der Waals surface area contributed by atoms with Crippen molar-refractivity contribution in [2.75, 3.05) is 0 Å². The summed E-state index contributed by atoms with van der Waals surface area (Å²) in [5.74, 6) is 0.510. The molecule has 1 aromatic carbocycles. The number of aromatic nitrogens is 2. The first kappa shape index (κ1) is 14.6. The fourth-order valence-corrected chi connectivity index (χ4v) is 2.15. The lowest BCUT2D eigenvalue weighted by Gasteiger charge is -2.16. The zero-order valence-electron chi connectivity index (χ0n) is 11.3. The Morgan fingerprint density at radius 1 is 1.35 bits per heavy atom. The van der Waals surface area contributed by atoms with Gasteiger partial charge in [0.25, 0.3) is 0 Å². The summed E-state index contributed by atoms with van der Waals surface area (Å²) in [4.78, 5) is 3.96. The van der Waals surface area contributed by atoms with E-state index in [1.807, 2.05) is 0 Å². The Labute approximate surface area is 115 Å². The summed E-state index contributed by atoms with van der Waals surface area (Å²) in [6.45, 7) is 3.43. The maximum Gasteiger partial charge on any atom is 0.418 e. The minimum Gasteiger partial charge on any atom is -0.328 e. The van der Waals surface area contributed by atoms with Gasteiger partial charge in [-0.1, -0.05) is 6.07 Å². The highest BCUT2D eigenvalue weighted by atomic mass is 19.4. The standard InChI is InChI=1S/C14H16F3N3/c1-9(18)7-11-3-4-13(12(8-11)14(15,16)17)20-6-5-19-10(20)2/h3-6,8-9H,7,18H2,1-2H3. The fourth-order valence-electron chi connectivity index (χ4n) is 2.15. The van der Waals surface area contributed by atoms with Crippen molar-refractivity contribution in [3.8, 4) is 5.69 Å². The van der Waals surface area contributed by atoms with E-state index >= 15 is 0 Å². The molecule has 0 amide bonds. The number of hydrogen-bond donors (Lipinski definition) is 1. The third kappa shape index (κ3) is 3.01. The van der Waals surface area contributed by atoms with Crippen LogP contribution in [-0.4, -0.2) is 15.6 Å². The maximum absolute atomic E-state index is 13.2. The first-order chi connectivity index (χ1) is 9.29. The topological polar surface area (TPSA) is 43.8 Å². The molecule has 0 aliphatic heterocycles. The molecule has 2 rings (SSSR count). The Hall–Kier alpha value is -1.82. The lowest BCUT2D eigenvalue weighted by atomic mass is 10.0. The van der Waals surface area contributed by atoms with Gasteiger partial charge < -0.3 is 10.3 Å². The number of rotatable bonds is 3. The smallest absolute Gasteiger partial charge is 0.328 e. The van der Waals surface area contributed by atoms with Crippen molar-refractivity contribution in [1.82, 2.24) is 9.55 Å². The Bertz CT molecular complexity index is 600. The van der Waals surface area contributed by atoms with Gasteiger partial charge in [-0.2, -0.15) is 13.2 Å². The summed E-state index contributed by atoms with van der Waals surface area (Å²) in [7, 11) is 0. The number of halogens is 3. The second-order valence-electron chi connectivity index (χ2n) is 4.88. The van der Waals surface area contributed by atoms with Crippen molar-refractivity contribution in [3.05, 3.63) is 47.5 Å². The average Bonchev–Trinajstić information content (AvgIpc) is 2.73. The van der Waals surface area contributed by atoms with Gasteiger partial charge in [-0.3, -0.25) is 0 Å². The average molecular weight is 283 g/mol. The first-order valence-electron chi connectivity index (χ1n) is 6.25. The van der Waals surface area contributed by atoms with E-state index in [-0.39, 0.29) is 11.7 Å². The van der Waals surface area contributed by atoms with Crippen molar-refractivity contribution in [2.45, 2.75) is 32.5 Å². The Morgan fingerprint density at radius 2 is 2.05 bits per heavy atom. The molecular formula is C14H16F3N3. The molecule has 0 saturated carbocycles. The predicted molar refractivity (Wildman–Crippen MR) is 70.7 cm³/mol. The molecule has 6 heteroatoms. The molecule has 2 aromatic rings. The van der Waals surface area contributed by atoms with Gasteiger partial charge in [-0.15, -0.1) is 0 Å². The van der Waals surface area contributed by atoms with Gasteiger partial charge in [-0.25, -0.2) is 4.98 Å². The minimum atomic E-state index is -4.42. The third-order valence-electron chi connectivity index (χ3n) is 3.01. The van der Waals surface area contributed by atoms with Crippen molar-refractivity contribution in [2.24, 2.45) is 5.73 Å². The molecule has 0 aliphatic carbocycles. The molecule has 2 N–H and O–H groups in total. The summed E-state index contributed by atoms with van der Waals surface area (Å²) in [6, 6.07) is 4.12. The molecule has 0 aliphatic rings. The molecule has 0 saturated heterocycles. The Kier molecular flexibility index (Phi) is 3.85. The molecule has 1 aromatic heterocycles. The van der Waals surface area contributed by atoms with Crippen LogP contribution in [0, 0.1) is 6.92 Å². The van der Waals surface area contributed by atoms with Gasteiger partial charge in [0.1, 0.15) is 5.82 Å². The highest BCUT2D eigenvalue weighted by Crippen LogP contribution is 2.35. The van der Waals surface area contributed by atoms with Crippen LogP contribution in [0.15, 0.2) is 30.6 Å². The minimum absolute atomic E-state index is 0.0842. The van der Waals surface area contributed by atoms with E-state index in [9.17, 15) is 13.2 Å². The predicted octanol–water partition coefficient (Wildman–Crippen LogP) is 3.09. The first-order valence-corrected chi connectivity index (χ1v) is 6.25. The number of nitrogens with two attached hydrogens (primary N) is 1. The van der Waals surface area contributed by atoms with Crippen LogP contribution >= 0.6 is 0 Å². The molecule has 20 heavy (non-hydrogen) atoms. The largest absolute Gasteiger partial charge is 0.418 e. The van der Waals surface area contributed by atoms with Crippen molar-refractivity contribution >= 4 is 0 Å². The van der Waals surface area contributed by atoms with Crippen molar-refractivity contribution in [3.63, 3.8) is 0 Å². The lowest BCUT2D eigenvalue weighted by molar-refractivity contribution is -0.137. The number of hydrogen-bond acceptors (Lipinski definition) is 2. The molecule has 1 unspecified atom stereocenters. The monoisotopic (exact) mass is 283 g/mol. The van der Waals surface area contributed by atoms with Gasteiger partial charge in [0.05, 0.1) is 11.3 Å². The van der Waals surface area contributed by atoms with E-state index in [2.05, 4.69) is 4.98 Å². The number of imidazole rings is 1. The third-order valence-corrected chi connectivity index (χ3v) is 3.01. The van der Waals surface area contributed by atoms with Gasteiger partial charge >= 0.3 is 6.18 Å². The molecule has 0 fully saturated rings. The maximum atomic E-state index is 13.2. The van der Waals surface area contributed by atoms with Crippen LogP contribution in [0.4, 0.5) is 13.2 Å². The molecule has 1 heterocycles. The van der Waals surface area contributed by atoms with Crippen LogP contribution in [0.5, 0.6) is 0 Å². The molecule has 0 radical (unpaired) electrons. The SMILES string of the molecule is Cc1nccn1-c1ccc(CC(C)N)cc1C(F)(F)F. The molecule has 108 valence electrons. The summed E-state index contributed by atoms with van der Waals surface area (Å²) < 4.78 is 41.1. The summed E-state index contributed by atoms with van der Waals surface area (Å²) >= 11 is 0. The zero-order chi connectivity index (χ0) is 14.9. The van der Waals surface area contributed by atoms with Crippen LogP contribution in [0.25, 0.3) is 5.69 Å².